The molecule has 0 aliphatic carbocycles. The van der Waals surface area contributed by atoms with Crippen molar-refractivity contribution >= 4 is 11.6 Å². The lowest BCUT2D eigenvalue weighted by molar-refractivity contribution is 0.142. The number of hydrogen-bond acceptors (Lipinski definition) is 3. The third-order valence-electron chi connectivity index (χ3n) is 1.29. The molecule has 1 N–H and O–H groups in total. The number of hydrogen-bond donors (Lipinski definition) is 1. The molecule has 0 aliphatic rings. The van der Waals surface area contributed by atoms with E-state index in [1.165, 1.54) is 0 Å². The van der Waals surface area contributed by atoms with Gasteiger partial charge in [-0.1, -0.05) is 11.6 Å². The normalized spacial score (nSPS) is 10.1. The van der Waals surface area contributed by atoms with Crippen molar-refractivity contribution in [2.75, 3.05) is 0 Å². The van der Waals surface area contributed by atoms with Crippen LogP contribution in [-0.4, -0.2) is 10.1 Å². The Morgan fingerprint density at radius 3 is 2.69 bits per heavy atom. The average Bonchev–Trinajstić information content (AvgIpc) is 2.09. The summed E-state index contributed by atoms with van der Waals surface area (Å²) < 4.78 is 24.3. The Labute approximate surface area is 77.2 Å². The molecule has 1 aromatic rings. The van der Waals surface area contributed by atoms with E-state index in [1.54, 1.807) is 6.07 Å². The van der Waals surface area contributed by atoms with E-state index in [4.69, 9.17) is 22.0 Å². The fourth-order valence-electron chi connectivity index (χ4n) is 0.735. The molecule has 1 heterocycles. The van der Waals surface area contributed by atoms with Gasteiger partial charge in [-0.2, -0.15) is 5.26 Å². The van der Waals surface area contributed by atoms with Crippen molar-refractivity contribution in [1.29, 1.82) is 5.26 Å². The summed E-state index contributed by atoms with van der Waals surface area (Å²) >= 11 is 5.37. The lowest BCUT2D eigenvalue weighted by Gasteiger charge is -2.03. The number of rotatable bonds is 1. The third kappa shape index (κ3) is 1.84. The summed E-state index contributed by atoms with van der Waals surface area (Å²) in [4.78, 5) is 3.21. The van der Waals surface area contributed by atoms with Gasteiger partial charge in [-0.15, -0.1) is 0 Å². The zero-order chi connectivity index (χ0) is 10.0. The standard InChI is InChI=1S/C7H3ClF2N2O/c8-4-1-3(2-11)12-5(6(4)13)7(9)10/h1,7,13H. The summed E-state index contributed by atoms with van der Waals surface area (Å²) in [5.41, 5.74) is -1.12. The second kappa shape index (κ2) is 3.54. The van der Waals surface area contributed by atoms with Crippen LogP contribution in [0.5, 0.6) is 5.75 Å². The van der Waals surface area contributed by atoms with Gasteiger partial charge >= 0.3 is 0 Å². The van der Waals surface area contributed by atoms with Crippen molar-refractivity contribution in [3.63, 3.8) is 0 Å². The Morgan fingerprint density at radius 2 is 2.23 bits per heavy atom. The maximum Gasteiger partial charge on any atom is 0.284 e. The van der Waals surface area contributed by atoms with Crippen LogP contribution < -0.4 is 0 Å². The molecule has 0 amide bonds. The molecule has 0 radical (unpaired) electrons. The minimum absolute atomic E-state index is 0.252. The number of aromatic nitrogens is 1. The first-order valence-corrected chi connectivity index (χ1v) is 3.51. The fourth-order valence-corrected chi connectivity index (χ4v) is 0.935. The molecule has 0 aromatic carbocycles. The highest BCUT2D eigenvalue weighted by Gasteiger charge is 2.18. The Balaban J connectivity index is 3.35. The molecular formula is C7H3ClF2N2O. The second-order valence-electron chi connectivity index (χ2n) is 2.14. The number of nitriles is 1. The van der Waals surface area contributed by atoms with Gasteiger partial charge in [0.2, 0.25) is 0 Å². The predicted octanol–water partition coefficient (Wildman–Crippen LogP) is 2.25. The molecule has 0 atom stereocenters. The SMILES string of the molecule is N#Cc1cc(Cl)c(O)c(C(F)F)n1. The highest BCUT2D eigenvalue weighted by Crippen LogP contribution is 2.32. The molecule has 1 aromatic heterocycles. The smallest absolute Gasteiger partial charge is 0.284 e. The summed E-state index contributed by atoms with van der Waals surface area (Å²) in [6, 6.07) is 2.57. The van der Waals surface area contributed by atoms with Crippen molar-refractivity contribution in [1.82, 2.24) is 4.98 Å². The van der Waals surface area contributed by atoms with Gasteiger partial charge in [0.1, 0.15) is 11.8 Å². The Bertz CT molecular complexity index is 375. The van der Waals surface area contributed by atoms with Crippen LogP contribution in [0.25, 0.3) is 0 Å². The lowest BCUT2D eigenvalue weighted by atomic mass is 10.3. The van der Waals surface area contributed by atoms with E-state index >= 15 is 0 Å². The zero-order valence-electron chi connectivity index (χ0n) is 6.13. The van der Waals surface area contributed by atoms with Crippen LogP contribution in [0.2, 0.25) is 5.02 Å². The first kappa shape index (κ1) is 9.68. The molecule has 0 saturated heterocycles. The van der Waals surface area contributed by atoms with E-state index in [2.05, 4.69) is 4.98 Å². The van der Waals surface area contributed by atoms with Gasteiger partial charge in [0.05, 0.1) is 5.02 Å². The summed E-state index contributed by atoms with van der Waals surface area (Å²) in [5, 5.41) is 17.1. The van der Waals surface area contributed by atoms with Gasteiger partial charge in [0.25, 0.3) is 6.43 Å². The number of alkyl halides is 2. The van der Waals surface area contributed by atoms with Gasteiger partial charge < -0.3 is 5.11 Å². The molecule has 0 fully saturated rings. The van der Waals surface area contributed by atoms with E-state index in [1.807, 2.05) is 0 Å². The van der Waals surface area contributed by atoms with Gasteiger partial charge in [0, 0.05) is 0 Å². The average molecular weight is 205 g/mol. The van der Waals surface area contributed by atoms with Crippen LogP contribution in [0, 0.1) is 11.3 Å². The van der Waals surface area contributed by atoms with Crippen molar-refractivity contribution < 1.29 is 13.9 Å². The number of aromatic hydroxyl groups is 1. The van der Waals surface area contributed by atoms with E-state index in [0.29, 0.717) is 0 Å². The molecule has 68 valence electrons. The fraction of sp³-hybridized carbons (Fsp3) is 0.143. The molecule has 13 heavy (non-hydrogen) atoms. The van der Waals surface area contributed by atoms with Crippen molar-refractivity contribution in [2.45, 2.75) is 6.43 Å². The molecule has 1 rings (SSSR count). The van der Waals surface area contributed by atoms with Gasteiger partial charge in [-0.05, 0) is 6.07 Å². The molecule has 0 unspecified atom stereocenters. The molecule has 3 nitrogen and oxygen atoms in total. The molecular weight excluding hydrogens is 202 g/mol. The van der Waals surface area contributed by atoms with E-state index in [9.17, 15) is 8.78 Å². The molecule has 0 saturated carbocycles. The first-order chi connectivity index (χ1) is 6.06. The molecule has 6 heteroatoms. The number of nitrogens with zero attached hydrogens (tertiary/aromatic N) is 2. The van der Waals surface area contributed by atoms with Gasteiger partial charge in [-0.25, -0.2) is 13.8 Å². The topological polar surface area (TPSA) is 56.9 Å². The van der Waals surface area contributed by atoms with Crippen LogP contribution in [0.1, 0.15) is 17.8 Å². The van der Waals surface area contributed by atoms with Gasteiger partial charge in [0.15, 0.2) is 11.4 Å². The summed E-state index contributed by atoms with van der Waals surface area (Å²) in [5.74, 6) is -0.782. The monoisotopic (exact) mass is 204 g/mol. The summed E-state index contributed by atoms with van der Waals surface area (Å²) in [6.45, 7) is 0. The highest BCUT2D eigenvalue weighted by atomic mass is 35.5. The minimum Gasteiger partial charge on any atom is -0.504 e. The Kier molecular flexibility index (Phi) is 2.63. The van der Waals surface area contributed by atoms with Gasteiger partial charge in [-0.3, -0.25) is 0 Å². The third-order valence-corrected chi connectivity index (χ3v) is 1.58. The number of pyridine rings is 1. The van der Waals surface area contributed by atoms with Crippen LogP contribution in [0.15, 0.2) is 6.07 Å². The van der Waals surface area contributed by atoms with Crippen molar-refractivity contribution in [3.8, 4) is 11.8 Å². The Hall–Kier alpha value is -1.41. The summed E-state index contributed by atoms with van der Waals surface area (Å²) in [7, 11) is 0. The second-order valence-corrected chi connectivity index (χ2v) is 2.54. The van der Waals surface area contributed by atoms with Crippen molar-refractivity contribution in [2.24, 2.45) is 0 Å². The first-order valence-electron chi connectivity index (χ1n) is 3.14. The lowest BCUT2D eigenvalue weighted by Crippen LogP contribution is -1.94. The van der Waals surface area contributed by atoms with Crippen LogP contribution in [-0.2, 0) is 0 Å². The van der Waals surface area contributed by atoms with Crippen LogP contribution >= 0.6 is 11.6 Å². The van der Waals surface area contributed by atoms with E-state index in [-0.39, 0.29) is 10.7 Å². The highest BCUT2D eigenvalue weighted by molar-refractivity contribution is 6.32. The molecule has 0 spiro atoms. The molecule has 0 bridgehead atoms. The quantitative estimate of drug-likeness (QED) is 0.763. The maximum absolute atomic E-state index is 12.1. The van der Waals surface area contributed by atoms with E-state index in [0.717, 1.165) is 6.07 Å². The van der Waals surface area contributed by atoms with Crippen molar-refractivity contribution in [3.05, 3.63) is 22.5 Å². The van der Waals surface area contributed by atoms with Crippen LogP contribution in [0.4, 0.5) is 8.78 Å². The molecule has 0 aliphatic heterocycles. The van der Waals surface area contributed by atoms with E-state index < -0.39 is 17.9 Å². The summed E-state index contributed by atoms with van der Waals surface area (Å²) in [6.07, 6.45) is -2.95. The Morgan fingerprint density at radius 1 is 1.62 bits per heavy atom. The van der Waals surface area contributed by atoms with Crippen LogP contribution in [0.3, 0.4) is 0 Å². The predicted molar refractivity (Wildman–Crippen MR) is 40.6 cm³/mol. The zero-order valence-corrected chi connectivity index (χ0v) is 6.89. The number of halogens is 3. The maximum atomic E-state index is 12.1. The minimum atomic E-state index is -2.95. The largest absolute Gasteiger partial charge is 0.504 e.